The minimum atomic E-state index is -0.417. The maximum atomic E-state index is 11.6. The third-order valence-corrected chi connectivity index (χ3v) is 3.57. The van der Waals surface area contributed by atoms with Gasteiger partial charge in [0.1, 0.15) is 0 Å². The Kier molecular flexibility index (Phi) is 7.33. The van der Waals surface area contributed by atoms with Crippen LogP contribution in [0.25, 0.3) is 0 Å². The summed E-state index contributed by atoms with van der Waals surface area (Å²) < 4.78 is 12.3. The molecule has 1 fully saturated rings. The maximum absolute atomic E-state index is 11.6. The molecule has 6 nitrogen and oxygen atoms in total. The number of nitrogens with zero attached hydrogens (tertiary/aromatic N) is 1. The van der Waals surface area contributed by atoms with Crippen LogP contribution < -0.4 is 11.2 Å². The molecule has 2 atom stereocenters. The number of nitrogens with one attached hydrogen (secondary N) is 1. The Morgan fingerprint density at radius 2 is 2.21 bits per heavy atom. The van der Waals surface area contributed by atoms with E-state index in [9.17, 15) is 9.59 Å². The Morgan fingerprint density at radius 1 is 1.53 bits per heavy atom. The predicted octanol–water partition coefficient (Wildman–Crippen LogP) is 0.169. The molecule has 0 saturated carbocycles. The van der Waals surface area contributed by atoms with Crippen LogP contribution in [0.2, 0.25) is 0 Å². The van der Waals surface area contributed by atoms with Crippen LogP contribution in [0.15, 0.2) is 15.8 Å². The number of thiol groups is 1. The first kappa shape index (κ1) is 16.9. The SMILES string of the molecule is CS.Cc1cn(C2CCC(C[O][Tl])O2)c(=O)[nH]c1=O. The van der Waals surface area contributed by atoms with Crippen molar-refractivity contribution in [2.24, 2.45) is 0 Å². The first-order chi connectivity index (χ1) is 9.11. The van der Waals surface area contributed by atoms with Crippen LogP contribution >= 0.6 is 12.6 Å². The van der Waals surface area contributed by atoms with Gasteiger partial charge in [0.2, 0.25) is 0 Å². The van der Waals surface area contributed by atoms with Crippen molar-refractivity contribution in [3.63, 3.8) is 0 Å². The molecule has 1 aliphatic rings. The van der Waals surface area contributed by atoms with Crippen LogP contribution in [0.3, 0.4) is 0 Å². The van der Waals surface area contributed by atoms with Gasteiger partial charge < -0.3 is 0 Å². The van der Waals surface area contributed by atoms with E-state index in [0.29, 0.717) is 38.4 Å². The van der Waals surface area contributed by atoms with Gasteiger partial charge in [0, 0.05) is 0 Å². The van der Waals surface area contributed by atoms with E-state index < -0.39 is 5.69 Å². The van der Waals surface area contributed by atoms with Crippen LogP contribution in [0.5, 0.6) is 0 Å². The molecule has 1 aromatic heterocycles. The van der Waals surface area contributed by atoms with Crippen LogP contribution in [0, 0.1) is 6.92 Å². The van der Waals surface area contributed by atoms with Gasteiger partial charge in [-0.15, -0.1) is 0 Å². The molecule has 19 heavy (non-hydrogen) atoms. The van der Waals surface area contributed by atoms with Crippen molar-refractivity contribution in [2.75, 3.05) is 12.9 Å². The number of ether oxygens (including phenoxy) is 1. The zero-order valence-electron chi connectivity index (χ0n) is 11.0. The molecule has 2 rings (SSSR count). The zero-order chi connectivity index (χ0) is 14.4. The molecule has 8 heteroatoms. The number of rotatable bonds is 3. The Bertz CT molecular complexity index is 516. The number of aromatic amines is 1. The van der Waals surface area contributed by atoms with Crippen molar-refractivity contribution >= 4 is 38.8 Å². The Balaban J connectivity index is 0.000000861. The van der Waals surface area contributed by atoms with Crippen LogP contribution in [0.4, 0.5) is 0 Å². The van der Waals surface area contributed by atoms with Crippen LogP contribution in [0.1, 0.15) is 24.6 Å². The third kappa shape index (κ3) is 4.43. The fourth-order valence-corrected chi connectivity index (χ4v) is 2.76. The summed E-state index contributed by atoms with van der Waals surface area (Å²) in [6.07, 6.45) is 4.66. The fourth-order valence-electron chi connectivity index (χ4n) is 1.92. The number of H-pyrrole nitrogens is 1. The average Bonchev–Trinajstić information content (AvgIpc) is 2.85. The fraction of sp³-hybridized carbons (Fsp3) is 0.636. The second kappa shape index (κ2) is 8.22. The molecule has 2 heterocycles. The van der Waals surface area contributed by atoms with Gasteiger partial charge in [-0.05, 0) is 6.26 Å². The van der Waals surface area contributed by atoms with E-state index in [2.05, 4.69) is 17.6 Å². The Morgan fingerprint density at radius 3 is 2.84 bits per heavy atom. The molecule has 0 bridgehead atoms. The third-order valence-electron chi connectivity index (χ3n) is 2.82. The van der Waals surface area contributed by atoms with E-state index in [1.807, 2.05) is 0 Å². The van der Waals surface area contributed by atoms with Gasteiger partial charge in [0.25, 0.3) is 0 Å². The molecule has 104 valence electrons. The molecule has 0 spiro atoms. The zero-order valence-corrected chi connectivity index (χ0v) is 16.3. The van der Waals surface area contributed by atoms with Gasteiger partial charge in [-0.1, -0.05) is 0 Å². The van der Waals surface area contributed by atoms with Crippen LogP contribution in [-0.2, 0) is 7.42 Å². The van der Waals surface area contributed by atoms with E-state index in [0.717, 1.165) is 12.8 Å². The molecular weight excluding hydrogens is 461 g/mol. The van der Waals surface area contributed by atoms with E-state index in [-0.39, 0.29) is 17.9 Å². The summed E-state index contributed by atoms with van der Waals surface area (Å²) in [5.74, 6) is 0. The molecule has 0 aliphatic carbocycles. The first-order valence-corrected chi connectivity index (χ1v) is 8.58. The molecule has 1 aromatic rings. The average molecular weight is 478 g/mol. The van der Waals surface area contributed by atoms with Gasteiger partial charge in [-0.2, -0.15) is 12.6 Å². The summed E-state index contributed by atoms with van der Waals surface area (Å²) >= 11 is 4.03. The minimum absolute atomic E-state index is 0.0594. The monoisotopic (exact) mass is 478 g/mol. The summed E-state index contributed by atoms with van der Waals surface area (Å²) in [6.45, 7) is 2.27. The molecule has 0 radical (unpaired) electrons. The second-order valence-electron chi connectivity index (χ2n) is 4.10. The van der Waals surface area contributed by atoms with Crippen molar-refractivity contribution < 1.29 is 7.42 Å². The summed E-state index contributed by atoms with van der Waals surface area (Å²) in [7, 11) is 0. The van der Waals surface area contributed by atoms with Gasteiger partial charge in [-0.25, -0.2) is 0 Å². The molecule has 1 saturated heterocycles. The first-order valence-electron chi connectivity index (χ1n) is 5.85. The van der Waals surface area contributed by atoms with E-state index in [4.69, 9.17) is 7.42 Å². The van der Waals surface area contributed by atoms with E-state index >= 15 is 0 Å². The van der Waals surface area contributed by atoms with Gasteiger partial charge in [0.15, 0.2) is 0 Å². The number of hydrogen-bond acceptors (Lipinski definition) is 5. The van der Waals surface area contributed by atoms with E-state index in [1.165, 1.54) is 4.57 Å². The molecule has 2 unspecified atom stereocenters. The summed E-state index contributed by atoms with van der Waals surface area (Å²) in [6, 6.07) is 0. The van der Waals surface area contributed by atoms with Crippen molar-refractivity contribution in [1.82, 2.24) is 9.55 Å². The Hall–Kier alpha value is -0.128. The number of aryl methyl sites for hydroxylation is 1. The van der Waals surface area contributed by atoms with Crippen molar-refractivity contribution in [1.29, 1.82) is 0 Å². The number of hydrogen-bond donors (Lipinski definition) is 2. The summed E-state index contributed by atoms with van der Waals surface area (Å²) in [5.41, 5.74) is -0.248. The van der Waals surface area contributed by atoms with Crippen molar-refractivity contribution in [3.05, 3.63) is 32.6 Å². The van der Waals surface area contributed by atoms with Crippen molar-refractivity contribution in [3.8, 4) is 0 Å². The topological polar surface area (TPSA) is 73.3 Å². The standard InChI is InChI=1S/C10H13N2O4.CH4S.Tl/c1-6-4-12(10(15)11-9(6)14)8-3-2-7(5-13)16-8;1-2;/h4,7-8H,2-3,5H2,1H3,(H,11,14,15);2H,1H3;/q-1;;+1. The molecule has 1 aliphatic heterocycles. The molecule has 1 N–H and O–H groups in total. The molecule has 0 amide bonds. The van der Waals surface area contributed by atoms with Gasteiger partial charge >= 0.3 is 114 Å². The second-order valence-corrected chi connectivity index (χ2v) is 5.40. The normalized spacial score (nSPS) is 21.8. The molecular formula is C11H17N2O4STl. The van der Waals surface area contributed by atoms with Crippen molar-refractivity contribution in [2.45, 2.75) is 32.1 Å². The van der Waals surface area contributed by atoms with Gasteiger partial charge in [-0.3, -0.25) is 0 Å². The number of aromatic nitrogens is 2. The van der Waals surface area contributed by atoms with Crippen LogP contribution in [-0.4, -0.2) is 54.7 Å². The summed E-state index contributed by atoms with van der Waals surface area (Å²) in [5, 5.41) is 0. The molecule has 0 aromatic carbocycles. The van der Waals surface area contributed by atoms with E-state index in [1.54, 1.807) is 19.4 Å². The Labute approximate surface area is 133 Å². The quantitative estimate of drug-likeness (QED) is 0.481. The van der Waals surface area contributed by atoms with Gasteiger partial charge in [0.05, 0.1) is 0 Å². The summed E-state index contributed by atoms with van der Waals surface area (Å²) in [4.78, 5) is 25.2. The predicted molar refractivity (Wildman–Crippen MR) is 75.8 cm³/mol.